The smallest absolute Gasteiger partial charge is 0.408 e. The van der Waals surface area contributed by atoms with E-state index in [1.54, 1.807) is 0 Å². The number of aliphatic hydroxyl groups is 3. The number of alkyl carbamates (subject to hydrolysis) is 1. The molecule has 0 aromatic carbocycles. The van der Waals surface area contributed by atoms with E-state index in [0.29, 0.717) is 0 Å². The summed E-state index contributed by atoms with van der Waals surface area (Å²) in [5.41, 5.74) is 0. The van der Waals surface area contributed by atoms with Crippen molar-refractivity contribution in [3.8, 4) is 0 Å². The van der Waals surface area contributed by atoms with Gasteiger partial charge < -0.3 is 30.1 Å². The number of aliphatic hydroxyl groups excluding tert-OH is 3. The summed E-state index contributed by atoms with van der Waals surface area (Å²) in [6.45, 7) is -0.445. The van der Waals surface area contributed by atoms with Crippen LogP contribution in [0, 0.1) is 0 Å². The maximum atomic E-state index is 10.8. The Kier molecular flexibility index (Phi) is 2.31. The van der Waals surface area contributed by atoms with Crippen LogP contribution in [0.5, 0.6) is 0 Å². The summed E-state index contributed by atoms with van der Waals surface area (Å²) < 4.78 is 9.60. The minimum atomic E-state index is -1.27. The molecule has 2 saturated heterocycles. The Bertz CT molecular complexity index is 246. The number of amides is 1. The zero-order chi connectivity index (χ0) is 10.3. The normalized spacial score (nSPS) is 46.8. The van der Waals surface area contributed by atoms with Gasteiger partial charge in [-0.25, -0.2) is 4.79 Å². The lowest BCUT2D eigenvalue weighted by Crippen LogP contribution is -2.59. The maximum absolute atomic E-state index is 10.8. The molecular weight excluding hydrogens is 194 g/mol. The van der Waals surface area contributed by atoms with Gasteiger partial charge in [-0.05, 0) is 0 Å². The molecule has 1 amide bonds. The van der Waals surface area contributed by atoms with E-state index in [1.165, 1.54) is 0 Å². The SMILES string of the molecule is O=C1N[C@H]2C(O)O[C@H](CO)[C@@H](O)[C@@H]2O1. The van der Waals surface area contributed by atoms with E-state index in [4.69, 9.17) is 14.6 Å². The van der Waals surface area contributed by atoms with Gasteiger partial charge in [0.2, 0.25) is 0 Å². The van der Waals surface area contributed by atoms with Gasteiger partial charge in [0.25, 0.3) is 0 Å². The Labute approximate surface area is 79.2 Å². The number of ether oxygens (including phenoxy) is 2. The maximum Gasteiger partial charge on any atom is 0.408 e. The minimum Gasteiger partial charge on any atom is -0.441 e. The lowest BCUT2D eigenvalue weighted by Gasteiger charge is -2.36. The summed E-state index contributed by atoms with van der Waals surface area (Å²) in [7, 11) is 0. The van der Waals surface area contributed by atoms with Gasteiger partial charge in [-0.1, -0.05) is 0 Å². The molecule has 2 aliphatic rings. The van der Waals surface area contributed by atoms with Crippen LogP contribution < -0.4 is 5.32 Å². The molecule has 0 radical (unpaired) electrons. The summed E-state index contributed by atoms with van der Waals surface area (Å²) in [5, 5.41) is 30.0. The van der Waals surface area contributed by atoms with Crippen LogP contribution in [0.15, 0.2) is 0 Å². The average Bonchev–Trinajstić information content (AvgIpc) is 2.54. The molecule has 5 atom stereocenters. The molecule has 2 heterocycles. The third-order valence-electron chi connectivity index (χ3n) is 2.40. The Morgan fingerprint density at radius 2 is 2.14 bits per heavy atom. The monoisotopic (exact) mass is 205 g/mol. The van der Waals surface area contributed by atoms with E-state index in [0.717, 1.165) is 0 Å². The lowest BCUT2D eigenvalue weighted by molar-refractivity contribution is -0.240. The summed E-state index contributed by atoms with van der Waals surface area (Å²) in [6, 6.07) is -0.778. The number of hydrogen-bond donors (Lipinski definition) is 4. The van der Waals surface area contributed by atoms with Crippen molar-refractivity contribution in [2.24, 2.45) is 0 Å². The van der Waals surface area contributed by atoms with Crippen molar-refractivity contribution >= 4 is 6.09 Å². The Morgan fingerprint density at radius 1 is 1.43 bits per heavy atom. The third kappa shape index (κ3) is 1.34. The van der Waals surface area contributed by atoms with E-state index in [9.17, 15) is 15.0 Å². The predicted octanol–water partition coefficient (Wildman–Crippen LogP) is -2.47. The molecule has 2 fully saturated rings. The molecule has 14 heavy (non-hydrogen) atoms. The van der Waals surface area contributed by atoms with Gasteiger partial charge >= 0.3 is 6.09 Å². The molecule has 0 saturated carbocycles. The van der Waals surface area contributed by atoms with E-state index in [-0.39, 0.29) is 0 Å². The molecule has 1 unspecified atom stereocenters. The summed E-state index contributed by atoms with van der Waals surface area (Å²) in [5.74, 6) is 0. The van der Waals surface area contributed by atoms with Crippen molar-refractivity contribution in [3.05, 3.63) is 0 Å². The number of nitrogens with one attached hydrogen (secondary N) is 1. The molecule has 2 rings (SSSR count). The number of hydrogen-bond acceptors (Lipinski definition) is 6. The summed E-state index contributed by atoms with van der Waals surface area (Å²) in [4.78, 5) is 10.8. The molecule has 4 N–H and O–H groups in total. The number of carbonyl (C=O) groups excluding carboxylic acids is 1. The number of carbonyl (C=O) groups is 1. The quantitative estimate of drug-likeness (QED) is 0.378. The van der Waals surface area contributed by atoms with Crippen LogP contribution in [0.25, 0.3) is 0 Å². The lowest BCUT2D eigenvalue weighted by atomic mass is 9.98. The molecule has 0 aromatic rings. The molecule has 0 bridgehead atoms. The second-order valence-electron chi connectivity index (χ2n) is 3.28. The van der Waals surface area contributed by atoms with Gasteiger partial charge in [0.05, 0.1) is 6.61 Å². The molecule has 7 heteroatoms. The predicted molar refractivity (Wildman–Crippen MR) is 41.2 cm³/mol. The molecule has 7 nitrogen and oxygen atoms in total. The fraction of sp³-hybridized carbons (Fsp3) is 0.857. The van der Waals surface area contributed by atoms with Gasteiger partial charge in [-0.3, -0.25) is 0 Å². The Morgan fingerprint density at radius 3 is 2.79 bits per heavy atom. The van der Waals surface area contributed by atoms with E-state index >= 15 is 0 Å². The summed E-state index contributed by atoms with van der Waals surface area (Å²) in [6.07, 6.45) is -4.91. The van der Waals surface area contributed by atoms with E-state index < -0.39 is 43.3 Å². The molecule has 0 aromatic heterocycles. The van der Waals surface area contributed by atoms with E-state index in [2.05, 4.69) is 5.32 Å². The van der Waals surface area contributed by atoms with Crippen molar-refractivity contribution in [3.63, 3.8) is 0 Å². The highest BCUT2D eigenvalue weighted by Crippen LogP contribution is 2.25. The van der Waals surface area contributed by atoms with Crippen LogP contribution in [-0.4, -0.2) is 58.7 Å². The standard InChI is InChI=1S/C7H11NO6/c9-1-2-4(10)5-3(6(11)13-2)8-7(12)14-5/h2-6,9-11H,1H2,(H,8,12)/t2-,3-,4-,5-,6?/m1/s1. The topological polar surface area (TPSA) is 108 Å². The van der Waals surface area contributed by atoms with E-state index in [1.807, 2.05) is 0 Å². The van der Waals surface area contributed by atoms with Gasteiger partial charge in [0.15, 0.2) is 12.4 Å². The fourth-order valence-corrected chi connectivity index (χ4v) is 1.67. The highest BCUT2D eigenvalue weighted by Gasteiger charge is 2.51. The summed E-state index contributed by atoms with van der Waals surface area (Å²) >= 11 is 0. The minimum absolute atomic E-state index is 0.445. The Balaban J connectivity index is 2.15. The average molecular weight is 205 g/mol. The highest BCUT2D eigenvalue weighted by atomic mass is 16.6. The van der Waals surface area contributed by atoms with Crippen molar-refractivity contribution in [1.82, 2.24) is 5.32 Å². The van der Waals surface area contributed by atoms with Crippen LogP contribution in [0.1, 0.15) is 0 Å². The van der Waals surface area contributed by atoms with Gasteiger partial charge in [0, 0.05) is 0 Å². The third-order valence-corrected chi connectivity index (χ3v) is 2.40. The van der Waals surface area contributed by atoms with Crippen LogP contribution >= 0.6 is 0 Å². The van der Waals surface area contributed by atoms with Crippen molar-refractivity contribution in [1.29, 1.82) is 0 Å². The first-order chi connectivity index (χ1) is 6.63. The van der Waals surface area contributed by atoms with Crippen molar-refractivity contribution in [2.75, 3.05) is 6.61 Å². The molecule has 2 aliphatic heterocycles. The highest BCUT2D eigenvalue weighted by molar-refractivity contribution is 5.70. The second-order valence-corrected chi connectivity index (χ2v) is 3.28. The van der Waals surface area contributed by atoms with Crippen molar-refractivity contribution < 1.29 is 29.6 Å². The first-order valence-electron chi connectivity index (χ1n) is 4.23. The molecule has 0 spiro atoms. The number of fused-ring (bicyclic) bond motifs is 1. The zero-order valence-corrected chi connectivity index (χ0v) is 7.16. The van der Waals surface area contributed by atoms with Crippen LogP contribution in [0.4, 0.5) is 4.79 Å². The van der Waals surface area contributed by atoms with Crippen molar-refractivity contribution in [2.45, 2.75) is 30.6 Å². The van der Waals surface area contributed by atoms with Gasteiger partial charge in [-0.2, -0.15) is 0 Å². The zero-order valence-electron chi connectivity index (χ0n) is 7.16. The Hall–Kier alpha value is -0.890. The van der Waals surface area contributed by atoms with Crippen LogP contribution in [0.2, 0.25) is 0 Å². The first-order valence-corrected chi connectivity index (χ1v) is 4.23. The second kappa shape index (κ2) is 3.35. The number of rotatable bonds is 1. The first kappa shape index (κ1) is 9.66. The van der Waals surface area contributed by atoms with Gasteiger partial charge in [-0.15, -0.1) is 0 Å². The van der Waals surface area contributed by atoms with Gasteiger partial charge in [0.1, 0.15) is 18.2 Å². The van der Waals surface area contributed by atoms with Crippen LogP contribution in [0.3, 0.4) is 0 Å². The largest absolute Gasteiger partial charge is 0.441 e. The fourth-order valence-electron chi connectivity index (χ4n) is 1.67. The molecule has 0 aliphatic carbocycles. The van der Waals surface area contributed by atoms with Crippen LogP contribution in [-0.2, 0) is 9.47 Å². The molecular formula is C7H11NO6. The molecule has 80 valence electrons.